The van der Waals surface area contributed by atoms with E-state index >= 15 is 0 Å². The van der Waals surface area contributed by atoms with E-state index in [1.165, 1.54) is 29.3 Å². The first kappa shape index (κ1) is 15.6. The molecule has 0 spiro atoms. The summed E-state index contributed by atoms with van der Waals surface area (Å²) in [6, 6.07) is 4.51. The van der Waals surface area contributed by atoms with Crippen LogP contribution in [0.4, 0.5) is 5.69 Å². The Kier molecular flexibility index (Phi) is 4.90. The Labute approximate surface area is 125 Å². The molecule has 1 aromatic carbocycles. The normalized spacial score (nSPS) is 16.9. The number of nitrogens with zero attached hydrogens (tertiary/aromatic N) is 2. The molecular weight excluding hydrogens is 298 g/mol. The first-order valence-electron chi connectivity index (χ1n) is 6.65. The molecule has 1 fully saturated rings. The molecule has 0 radical (unpaired) electrons. The summed E-state index contributed by atoms with van der Waals surface area (Å²) in [6.45, 7) is 3.29. The minimum absolute atomic E-state index is 0.0723. The summed E-state index contributed by atoms with van der Waals surface area (Å²) in [5, 5.41) is 0.201. The number of nitrogen functional groups attached to an aromatic ring is 1. The average molecular weight is 318 g/mol. The molecule has 20 heavy (non-hydrogen) atoms. The summed E-state index contributed by atoms with van der Waals surface area (Å²) in [4.78, 5) is 2.34. The zero-order valence-corrected chi connectivity index (χ0v) is 13.1. The topological polar surface area (TPSA) is 66.6 Å². The molecule has 112 valence electrons. The molecule has 5 nitrogen and oxygen atoms in total. The van der Waals surface area contributed by atoms with E-state index in [2.05, 4.69) is 4.90 Å². The van der Waals surface area contributed by atoms with Crippen molar-refractivity contribution in [1.29, 1.82) is 0 Å². The van der Waals surface area contributed by atoms with Gasteiger partial charge in [0, 0.05) is 25.8 Å². The predicted molar refractivity (Wildman–Crippen MR) is 81.4 cm³/mol. The number of sulfonamides is 1. The van der Waals surface area contributed by atoms with Crippen LogP contribution in [0.5, 0.6) is 0 Å². The van der Waals surface area contributed by atoms with E-state index in [1.54, 1.807) is 13.1 Å². The van der Waals surface area contributed by atoms with Crippen LogP contribution in [-0.2, 0) is 10.0 Å². The quantitative estimate of drug-likeness (QED) is 0.838. The lowest BCUT2D eigenvalue weighted by molar-refractivity contribution is 0.310. The van der Waals surface area contributed by atoms with Gasteiger partial charge in [-0.1, -0.05) is 11.6 Å². The van der Waals surface area contributed by atoms with E-state index in [-0.39, 0.29) is 9.92 Å². The summed E-state index contributed by atoms with van der Waals surface area (Å²) >= 11 is 5.98. The Morgan fingerprint density at radius 3 is 2.65 bits per heavy atom. The summed E-state index contributed by atoms with van der Waals surface area (Å²) < 4.78 is 26.3. The van der Waals surface area contributed by atoms with Crippen molar-refractivity contribution in [3.8, 4) is 0 Å². The highest BCUT2D eigenvalue weighted by molar-refractivity contribution is 7.89. The third kappa shape index (κ3) is 3.44. The van der Waals surface area contributed by atoms with Crippen molar-refractivity contribution >= 4 is 27.3 Å². The van der Waals surface area contributed by atoms with Gasteiger partial charge in [-0.25, -0.2) is 8.42 Å². The second-order valence-corrected chi connectivity index (χ2v) is 7.49. The van der Waals surface area contributed by atoms with Gasteiger partial charge in [-0.3, -0.25) is 0 Å². The third-order valence-corrected chi connectivity index (χ3v) is 5.91. The van der Waals surface area contributed by atoms with E-state index in [1.807, 2.05) is 0 Å². The SMILES string of the molecule is CN(CCN1CCCC1)S(=O)(=O)c1cc(N)ccc1Cl. The fourth-order valence-corrected chi connectivity index (χ4v) is 3.96. The number of hydrogen-bond donors (Lipinski definition) is 1. The van der Waals surface area contributed by atoms with E-state index < -0.39 is 10.0 Å². The number of likely N-dealkylation sites (tertiary alicyclic amines) is 1. The largest absolute Gasteiger partial charge is 0.399 e. The highest BCUT2D eigenvalue weighted by Crippen LogP contribution is 2.26. The number of rotatable bonds is 5. The van der Waals surface area contributed by atoms with Gasteiger partial charge in [-0.05, 0) is 44.1 Å². The second kappa shape index (κ2) is 6.30. The van der Waals surface area contributed by atoms with Crippen LogP contribution < -0.4 is 5.73 Å². The van der Waals surface area contributed by atoms with Crippen molar-refractivity contribution in [3.63, 3.8) is 0 Å². The molecule has 2 N–H and O–H groups in total. The molecule has 1 aliphatic heterocycles. The first-order chi connectivity index (χ1) is 9.41. The molecule has 0 unspecified atom stereocenters. The maximum absolute atomic E-state index is 12.5. The van der Waals surface area contributed by atoms with Gasteiger partial charge in [0.05, 0.1) is 5.02 Å². The molecule has 0 aromatic heterocycles. The van der Waals surface area contributed by atoms with Crippen LogP contribution in [0.25, 0.3) is 0 Å². The van der Waals surface area contributed by atoms with Gasteiger partial charge in [0.1, 0.15) is 4.90 Å². The van der Waals surface area contributed by atoms with Gasteiger partial charge >= 0.3 is 0 Å². The number of halogens is 1. The lowest BCUT2D eigenvalue weighted by Gasteiger charge is -2.21. The van der Waals surface area contributed by atoms with E-state index in [9.17, 15) is 8.42 Å². The summed E-state index contributed by atoms with van der Waals surface area (Å²) in [6.07, 6.45) is 2.38. The fraction of sp³-hybridized carbons (Fsp3) is 0.538. The summed E-state index contributed by atoms with van der Waals surface area (Å²) in [5.74, 6) is 0. The summed E-state index contributed by atoms with van der Waals surface area (Å²) in [5.41, 5.74) is 6.04. The molecule has 0 saturated carbocycles. The van der Waals surface area contributed by atoms with E-state index in [0.717, 1.165) is 19.6 Å². The predicted octanol–water partition coefficient (Wildman–Crippen LogP) is 1.64. The van der Waals surface area contributed by atoms with E-state index in [4.69, 9.17) is 17.3 Å². The number of benzene rings is 1. The Hall–Kier alpha value is -0.820. The van der Waals surface area contributed by atoms with Crippen LogP contribution in [0, 0.1) is 0 Å². The fourth-order valence-electron chi connectivity index (χ4n) is 2.29. The molecule has 7 heteroatoms. The molecule has 0 atom stereocenters. The maximum atomic E-state index is 12.5. The Morgan fingerprint density at radius 1 is 1.35 bits per heavy atom. The van der Waals surface area contributed by atoms with Crippen LogP contribution >= 0.6 is 11.6 Å². The van der Waals surface area contributed by atoms with Gasteiger partial charge in [0.15, 0.2) is 0 Å². The van der Waals surface area contributed by atoms with Crippen molar-refractivity contribution in [1.82, 2.24) is 9.21 Å². The molecule has 0 bridgehead atoms. The Balaban J connectivity index is 2.10. The van der Waals surface area contributed by atoms with Gasteiger partial charge in [-0.2, -0.15) is 4.31 Å². The molecule has 0 amide bonds. The molecule has 1 heterocycles. The highest BCUT2D eigenvalue weighted by atomic mass is 35.5. The standard InChI is InChI=1S/C13H20ClN3O2S/c1-16(8-9-17-6-2-3-7-17)20(18,19)13-10-11(15)4-5-12(13)14/h4-5,10H,2-3,6-9,15H2,1H3. The number of nitrogens with two attached hydrogens (primary N) is 1. The molecule has 0 aliphatic carbocycles. The third-order valence-electron chi connectivity index (χ3n) is 3.57. The number of likely N-dealkylation sites (N-methyl/N-ethyl adjacent to an activating group) is 1. The van der Waals surface area contributed by atoms with Crippen molar-refractivity contribution < 1.29 is 8.42 Å². The van der Waals surface area contributed by atoms with Crippen LogP contribution in [0.2, 0.25) is 5.02 Å². The minimum Gasteiger partial charge on any atom is -0.399 e. The lowest BCUT2D eigenvalue weighted by atomic mass is 10.3. The van der Waals surface area contributed by atoms with Crippen LogP contribution in [0.3, 0.4) is 0 Å². The lowest BCUT2D eigenvalue weighted by Crippen LogP contribution is -2.35. The molecule has 1 aliphatic rings. The second-order valence-electron chi connectivity index (χ2n) is 5.07. The first-order valence-corrected chi connectivity index (χ1v) is 8.47. The zero-order valence-electron chi connectivity index (χ0n) is 11.5. The number of anilines is 1. The van der Waals surface area contributed by atoms with Crippen molar-refractivity contribution in [2.45, 2.75) is 17.7 Å². The number of hydrogen-bond acceptors (Lipinski definition) is 4. The Bertz CT molecular complexity index is 571. The molecule has 1 saturated heterocycles. The molecule has 2 rings (SSSR count). The Morgan fingerprint density at radius 2 is 2.00 bits per heavy atom. The minimum atomic E-state index is -3.59. The maximum Gasteiger partial charge on any atom is 0.244 e. The van der Waals surface area contributed by atoms with E-state index in [0.29, 0.717) is 12.2 Å². The van der Waals surface area contributed by atoms with Crippen molar-refractivity contribution in [2.75, 3.05) is 39.0 Å². The monoisotopic (exact) mass is 317 g/mol. The smallest absolute Gasteiger partial charge is 0.244 e. The van der Waals surface area contributed by atoms with Gasteiger partial charge in [0.25, 0.3) is 0 Å². The van der Waals surface area contributed by atoms with Crippen LogP contribution in [0.1, 0.15) is 12.8 Å². The molecule has 1 aromatic rings. The van der Waals surface area contributed by atoms with Gasteiger partial charge < -0.3 is 10.6 Å². The highest BCUT2D eigenvalue weighted by Gasteiger charge is 2.24. The summed E-state index contributed by atoms with van der Waals surface area (Å²) in [7, 11) is -2.01. The van der Waals surface area contributed by atoms with Gasteiger partial charge in [0.2, 0.25) is 10.0 Å². The van der Waals surface area contributed by atoms with Crippen molar-refractivity contribution in [3.05, 3.63) is 23.2 Å². The van der Waals surface area contributed by atoms with Gasteiger partial charge in [-0.15, -0.1) is 0 Å². The van der Waals surface area contributed by atoms with Crippen molar-refractivity contribution in [2.24, 2.45) is 0 Å². The zero-order chi connectivity index (χ0) is 14.8. The molecular formula is C13H20ClN3O2S. The van der Waals surface area contributed by atoms with Crippen LogP contribution in [-0.4, -0.2) is 50.8 Å². The van der Waals surface area contributed by atoms with Crippen LogP contribution in [0.15, 0.2) is 23.1 Å². The average Bonchev–Trinajstić information content (AvgIpc) is 2.91.